The van der Waals surface area contributed by atoms with Crippen LogP contribution in [0.4, 0.5) is 0 Å². The summed E-state index contributed by atoms with van der Waals surface area (Å²) in [7, 11) is 4.56. The van der Waals surface area contributed by atoms with Crippen LogP contribution < -0.4 is 11.2 Å². The number of hydrogen-bond acceptors (Lipinski definition) is 4. The van der Waals surface area contributed by atoms with Gasteiger partial charge in [0.1, 0.15) is 0 Å². The van der Waals surface area contributed by atoms with E-state index in [1.807, 2.05) is 18.2 Å². The first-order valence-electron chi connectivity index (χ1n) is 8.72. The second-order valence-electron chi connectivity index (χ2n) is 7.11. The maximum Gasteiger partial charge on any atom is 0.330 e. The quantitative estimate of drug-likeness (QED) is 0.738. The average molecular weight is 365 g/mol. The Morgan fingerprint density at radius 1 is 1.04 bits per heavy atom. The van der Waals surface area contributed by atoms with Gasteiger partial charge in [0, 0.05) is 49.6 Å². The van der Waals surface area contributed by atoms with E-state index in [4.69, 9.17) is 0 Å². The fourth-order valence-electron chi connectivity index (χ4n) is 4.01. The first kappa shape index (κ1) is 17.2. The number of nitrogens with zero attached hydrogens (tertiary/aromatic N) is 3. The average Bonchev–Trinajstić information content (AvgIpc) is 2.67. The minimum absolute atomic E-state index is 0.0436. The zero-order chi connectivity index (χ0) is 19.5. The summed E-state index contributed by atoms with van der Waals surface area (Å²) in [6.07, 6.45) is 4.45. The number of likely N-dealkylation sites (N-methyl/N-ethyl adjacent to an activating group) is 1. The molecule has 0 saturated carbocycles. The number of carbonyl (C=O) groups excluding carboxylic acids is 2. The Bertz CT molecular complexity index is 1150. The van der Waals surface area contributed by atoms with Crippen LogP contribution in [-0.4, -0.2) is 32.9 Å². The molecule has 2 aromatic rings. The van der Waals surface area contributed by atoms with E-state index >= 15 is 0 Å². The monoisotopic (exact) mass is 365 g/mol. The smallest absolute Gasteiger partial charge is 0.303 e. The lowest BCUT2D eigenvalue weighted by Gasteiger charge is -2.32. The number of allylic oxidation sites excluding steroid dienone is 1. The van der Waals surface area contributed by atoms with Gasteiger partial charge in [0.25, 0.3) is 17.4 Å². The first-order valence-corrected chi connectivity index (χ1v) is 8.72. The molecule has 2 heterocycles. The van der Waals surface area contributed by atoms with Gasteiger partial charge in [-0.3, -0.25) is 23.9 Å². The summed E-state index contributed by atoms with van der Waals surface area (Å²) in [5.41, 5.74) is 2.49. The standard InChI is InChI=1S/C20H19N3O4/c1-21-10-12(17(24)23(3)20(21)27)9-11-7-8-15-16-13(11)5-4-6-14(16)18(25)22(2)19(15)26/h4-6,8,10-11H,7,9H2,1-3H3. The Hall–Kier alpha value is -3.22. The van der Waals surface area contributed by atoms with E-state index in [0.717, 1.165) is 15.0 Å². The highest BCUT2D eigenvalue weighted by Gasteiger charge is 2.37. The van der Waals surface area contributed by atoms with Gasteiger partial charge in [-0.15, -0.1) is 0 Å². The zero-order valence-corrected chi connectivity index (χ0v) is 15.4. The van der Waals surface area contributed by atoms with Crippen LogP contribution in [0.3, 0.4) is 0 Å². The van der Waals surface area contributed by atoms with Gasteiger partial charge < -0.3 is 4.57 Å². The van der Waals surface area contributed by atoms with Gasteiger partial charge in [-0.2, -0.15) is 0 Å². The molecule has 0 fully saturated rings. The molecule has 4 rings (SSSR count). The number of carbonyl (C=O) groups is 2. The molecule has 1 atom stereocenters. The second-order valence-corrected chi connectivity index (χ2v) is 7.11. The van der Waals surface area contributed by atoms with E-state index in [9.17, 15) is 19.2 Å². The molecule has 2 amide bonds. The van der Waals surface area contributed by atoms with Crippen molar-refractivity contribution in [3.63, 3.8) is 0 Å². The molecule has 1 aromatic heterocycles. The second kappa shape index (κ2) is 5.90. The van der Waals surface area contributed by atoms with E-state index in [-0.39, 0.29) is 29.0 Å². The van der Waals surface area contributed by atoms with E-state index in [1.54, 1.807) is 19.3 Å². The Balaban J connectivity index is 1.82. The van der Waals surface area contributed by atoms with Crippen LogP contribution in [0.1, 0.15) is 39.4 Å². The lowest BCUT2D eigenvalue weighted by Crippen LogP contribution is -2.40. The Morgan fingerprint density at radius 2 is 1.78 bits per heavy atom. The van der Waals surface area contributed by atoms with E-state index in [1.165, 1.54) is 18.7 Å². The minimum atomic E-state index is -0.370. The molecule has 1 aliphatic heterocycles. The summed E-state index contributed by atoms with van der Waals surface area (Å²) in [6, 6.07) is 5.45. The van der Waals surface area contributed by atoms with E-state index in [0.29, 0.717) is 35.1 Å². The van der Waals surface area contributed by atoms with E-state index < -0.39 is 0 Å². The molecule has 7 nitrogen and oxygen atoms in total. The van der Waals surface area contributed by atoms with Crippen LogP contribution in [0.5, 0.6) is 0 Å². The lowest BCUT2D eigenvalue weighted by molar-refractivity contribution is -0.121. The number of imide groups is 1. The van der Waals surface area contributed by atoms with Crippen molar-refractivity contribution in [2.75, 3.05) is 7.05 Å². The largest absolute Gasteiger partial charge is 0.330 e. The summed E-state index contributed by atoms with van der Waals surface area (Å²) in [5, 5.41) is 0. The van der Waals surface area contributed by atoms with Gasteiger partial charge in [0.2, 0.25) is 0 Å². The fraction of sp³-hybridized carbons (Fsp3) is 0.300. The first-order chi connectivity index (χ1) is 12.8. The molecule has 27 heavy (non-hydrogen) atoms. The van der Waals surface area contributed by atoms with Crippen molar-refractivity contribution in [3.05, 3.63) is 73.6 Å². The van der Waals surface area contributed by atoms with Crippen LogP contribution in [0, 0.1) is 0 Å². The number of rotatable bonds is 2. The Kier molecular flexibility index (Phi) is 3.76. The zero-order valence-electron chi connectivity index (χ0n) is 15.4. The molecule has 1 aromatic carbocycles. The summed E-state index contributed by atoms with van der Waals surface area (Å²) in [4.78, 5) is 50.5. The Morgan fingerprint density at radius 3 is 2.52 bits per heavy atom. The maximum atomic E-state index is 12.5. The number of aromatic nitrogens is 2. The topological polar surface area (TPSA) is 81.4 Å². The van der Waals surface area contributed by atoms with Crippen molar-refractivity contribution in [1.82, 2.24) is 14.0 Å². The molecular weight excluding hydrogens is 346 g/mol. The van der Waals surface area contributed by atoms with Gasteiger partial charge in [-0.25, -0.2) is 4.79 Å². The molecule has 0 bridgehead atoms. The molecule has 0 saturated heterocycles. The third-order valence-corrected chi connectivity index (χ3v) is 5.47. The molecule has 138 valence electrons. The third-order valence-electron chi connectivity index (χ3n) is 5.47. The van der Waals surface area contributed by atoms with Crippen molar-refractivity contribution in [2.24, 2.45) is 14.1 Å². The van der Waals surface area contributed by atoms with Crippen LogP contribution in [0.2, 0.25) is 0 Å². The molecule has 1 unspecified atom stereocenters. The maximum absolute atomic E-state index is 12.5. The van der Waals surface area contributed by atoms with Gasteiger partial charge in [-0.05, 0) is 30.4 Å². The SMILES string of the molecule is CN1C(=O)C2=CCC(Cc3cn(C)c(=O)n(C)c3=O)c3cccc(c32)C1=O. The minimum Gasteiger partial charge on any atom is -0.303 e. The summed E-state index contributed by atoms with van der Waals surface area (Å²) in [6.45, 7) is 0. The van der Waals surface area contributed by atoms with E-state index in [2.05, 4.69) is 0 Å². The molecule has 0 radical (unpaired) electrons. The van der Waals surface area contributed by atoms with Crippen molar-refractivity contribution < 1.29 is 9.59 Å². The van der Waals surface area contributed by atoms with Crippen LogP contribution >= 0.6 is 0 Å². The lowest BCUT2D eigenvalue weighted by atomic mass is 9.76. The van der Waals surface area contributed by atoms with Crippen molar-refractivity contribution in [2.45, 2.75) is 18.8 Å². The summed E-state index contributed by atoms with van der Waals surface area (Å²) >= 11 is 0. The van der Waals surface area contributed by atoms with Crippen molar-refractivity contribution in [1.29, 1.82) is 0 Å². The number of benzene rings is 1. The highest BCUT2D eigenvalue weighted by atomic mass is 16.2. The van der Waals surface area contributed by atoms with Gasteiger partial charge in [0.05, 0.1) is 0 Å². The predicted octanol–water partition coefficient (Wildman–Crippen LogP) is 0.810. The normalized spacial score (nSPS) is 18.4. The van der Waals surface area contributed by atoms with Gasteiger partial charge >= 0.3 is 5.69 Å². The fourth-order valence-corrected chi connectivity index (χ4v) is 4.01. The number of hydrogen-bond donors (Lipinski definition) is 0. The van der Waals surface area contributed by atoms with Gasteiger partial charge in [0.15, 0.2) is 0 Å². The van der Waals surface area contributed by atoms with Crippen LogP contribution in [0.25, 0.3) is 5.57 Å². The third kappa shape index (κ3) is 2.42. The van der Waals surface area contributed by atoms with Gasteiger partial charge in [-0.1, -0.05) is 18.2 Å². The van der Waals surface area contributed by atoms with Crippen molar-refractivity contribution in [3.8, 4) is 0 Å². The molecule has 0 spiro atoms. The van der Waals surface area contributed by atoms with Crippen LogP contribution in [-0.2, 0) is 25.3 Å². The Labute approximate surface area is 155 Å². The summed E-state index contributed by atoms with van der Waals surface area (Å²) in [5.74, 6) is -0.651. The molecular formula is C20H19N3O4. The highest BCUT2D eigenvalue weighted by Crippen LogP contribution is 2.41. The molecule has 2 aliphatic rings. The van der Waals surface area contributed by atoms with Crippen LogP contribution in [0.15, 0.2) is 40.1 Å². The highest BCUT2D eigenvalue weighted by molar-refractivity contribution is 6.31. The molecule has 0 N–H and O–H groups in total. The number of amides is 2. The molecule has 1 aliphatic carbocycles. The summed E-state index contributed by atoms with van der Waals surface area (Å²) < 4.78 is 2.49. The molecule has 7 heteroatoms. The predicted molar refractivity (Wildman–Crippen MR) is 99.5 cm³/mol. The van der Waals surface area contributed by atoms with Crippen molar-refractivity contribution >= 4 is 17.4 Å². The number of aryl methyl sites for hydroxylation is 1.